The third kappa shape index (κ3) is 4.97. The fourth-order valence-corrected chi connectivity index (χ4v) is 4.20. The Balaban J connectivity index is 1.85. The number of phenolic OH excluding ortho intramolecular Hbond substituents is 1. The van der Waals surface area contributed by atoms with E-state index in [1.165, 1.54) is 44.2 Å². The Kier molecular flexibility index (Phi) is 6.91. The minimum absolute atomic E-state index is 0.0640. The Morgan fingerprint density at radius 1 is 1.00 bits per heavy atom. The van der Waals surface area contributed by atoms with Gasteiger partial charge in [-0.3, -0.25) is 4.79 Å². The lowest BCUT2D eigenvalue weighted by Crippen LogP contribution is -2.31. The number of nitrogens with zero attached hydrogens (tertiary/aromatic N) is 1. The molecule has 0 heterocycles. The molecule has 0 unspecified atom stereocenters. The largest absolute Gasteiger partial charge is 0.507 e. The molecule has 0 saturated heterocycles. The second-order valence-corrected chi connectivity index (χ2v) is 7.83. The molecule has 0 aliphatic heterocycles. The molecule has 5 nitrogen and oxygen atoms in total. The molecule has 0 aromatic heterocycles. The number of hydrogen-bond donors (Lipinski definition) is 2. The predicted octanol–water partition coefficient (Wildman–Crippen LogP) is 5.12. The molecular weight excluding hydrogens is 366 g/mol. The number of phenols is 1. The molecule has 0 spiro atoms. The lowest BCUT2D eigenvalue weighted by atomic mass is 9.88. The van der Waals surface area contributed by atoms with Gasteiger partial charge in [0.2, 0.25) is 0 Å². The van der Waals surface area contributed by atoms with E-state index in [0.717, 1.165) is 25.2 Å². The minimum Gasteiger partial charge on any atom is -0.507 e. The van der Waals surface area contributed by atoms with Crippen LogP contribution in [-0.2, 0) is 0 Å². The van der Waals surface area contributed by atoms with Crippen LogP contribution in [-0.4, -0.2) is 35.1 Å². The summed E-state index contributed by atoms with van der Waals surface area (Å²) in [4.78, 5) is 26.6. The molecule has 1 fully saturated rings. The monoisotopic (exact) mass is 395 g/mol. The van der Waals surface area contributed by atoms with Crippen LogP contribution in [0.25, 0.3) is 0 Å². The number of hydrogen-bond acceptors (Lipinski definition) is 4. The van der Waals surface area contributed by atoms with Gasteiger partial charge in [0.1, 0.15) is 5.75 Å². The Labute approximate surface area is 172 Å². The highest BCUT2D eigenvalue weighted by Gasteiger charge is 2.22. The van der Waals surface area contributed by atoms with Gasteiger partial charge in [-0.2, -0.15) is 0 Å². The number of ketones is 1. The Hall–Kier alpha value is -2.82. The van der Waals surface area contributed by atoms with Crippen molar-refractivity contribution in [1.82, 2.24) is 0 Å². The smallest absolute Gasteiger partial charge is 0.336 e. The summed E-state index contributed by atoms with van der Waals surface area (Å²) < 4.78 is 0. The summed E-state index contributed by atoms with van der Waals surface area (Å²) in [5.41, 5.74) is 1.04. The molecule has 29 heavy (non-hydrogen) atoms. The van der Waals surface area contributed by atoms with Gasteiger partial charge in [-0.25, -0.2) is 4.79 Å². The number of rotatable bonds is 8. The standard InChI is InChI=1S/C24H29NO4/c1-2-14-25(16-17-8-4-3-5-9-17)18-12-13-21(22(26)15-18)23(27)19-10-6-7-11-20(19)24(28)29/h6-7,10-13,15,17,26H,2-5,8-9,14,16H2,1H3,(H,28,29). The average molecular weight is 395 g/mol. The first-order chi connectivity index (χ1) is 14.0. The summed E-state index contributed by atoms with van der Waals surface area (Å²) in [5.74, 6) is -1.09. The van der Waals surface area contributed by atoms with E-state index in [1.54, 1.807) is 24.3 Å². The van der Waals surface area contributed by atoms with Crippen LogP contribution >= 0.6 is 0 Å². The first-order valence-electron chi connectivity index (χ1n) is 10.5. The Morgan fingerprint density at radius 2 is 1.69 bits per heavy atom. The Morgan fingerprint density at radius 3 is 2.31 bits per heavy atom. The number of carbonyl (C=O) groups is 2. The maximum atomic E-state index is 12.9. The molecule has 5 heteroatoms. The van der Waals surface area contributed by atoms with E-state index in [2.05, 4.69) is 11.8 Å². The first-order valence-corrected chi connectivity index (χ1v) is 10.5. The predicted molar refractivity (Wildman–Crippen MR) is 114 cm³/mol. The normalized spacial score (nSPS) is 14.5. The van der Waals surface area contributed by atoms with E-state index in [4.69, 9.17) is 0 Å². The molecule has 1 aliphatic carbocycles. The van der Waals surface area contributed by atoms with E-state index < -0.39 is 11.8 Å². The number of aromatic carboxylic acids is 1. The zero-order valence-corrected chi connectivity index (χ0v) is 16.9. The van der Waals surface area contributed by atoms with Crippen LogP contribution < -0.4 is 4.90 Å². The maximum absolute atomic E-state index is 12.9. The molecular formula is C24H29NO4. The maximum Gasteiger partial charge on any atom is 0.336 e. The summed E-state index contributed by atoms with van der Waals surface area (Å²) >= 11 is 0. The van der Waals surface area contributed by atoms with Crippen LogP contribution in [0.2, 0.25) is 0 Å². The Bertz CT molecular complexity index is 871. The summed E-state index contributed by atoms with van der Waals surface area (Å²) in [6.45, 7) is 3.99. The van der Waals surface area contributed by atoms with Crippen LogP contribution in [0.1, 0.15) is 71.7 Å². The number of aromatic hydroxyl groups is 1. The first kappa shape index (κ1) is 20.9. The fourth-order valence-electron chi connectivity index (χ4n) is 4.20. The summed E-state index contributed by atoms with van der Waals surface area (Å²) in [6, 6.07) is 11.2. The van der Waals surface area contributed by atoms with Gasteiger partial charge in [0.05, 0.1) is 11.1 Å². The molecule has 154 valence electrons. The SMILES string of the molecule is CCCN(CC1CCCCC1)c1ccc(C(=O)c2ccccc2C(=O)O)c(O)c1. The molecule has 2 N–H and O–H groups in total. The number of anilines is 1. The van der Waals surface area contributed by atoms with Crippen molar-refractivity contribution in [1.29, 1.82) is 0 Å². The summed E-state index contributed by atoms with van der Waals surface area (Å²) in [5, 5.41) is 19.9. The van der Waals surface area contributed by atoms with Gasteiger partial charge in [-0.15, -0.1) is 0 Å². The topological polar surface area (TPSA) is 77.8 Å². The summed E-state index contributed by atoms with van der Waals surface area (Å²) in [6.07, 6.45) is 7.38. The molecule has 3 rings (SSSR count). The quantitative estimate of drug-likeness (QED) is 0.607. The van der Waals surface area contributed by atoms with Gasteiger partial charge in [-0.05, 0) is 43.4 Å². The van der Waals surface area contributed by atoms with Crippen molar-refractivity contribution in [2.75, 3.05) is 18.0 Å². The van der Waals surface area contributed by atoms with E-state index >= 15 is 0 Å². The van der Waals surface area contributed by atoms with E-state index in [0.29, 0.717) is 5.92 Å². The number of carboxylic acid groups (broad SMARTS) is 1. The number of carbonyl (C=O) groups excluding carboxylic acids is 1. The van der Waals surface area contributed by atoms with Gasteiger partial charge in [-0.1, -0.05) is 44.4 Å². The molecule has 0 atom stereocenters. The van der Waals surface area contributed by atoms with Gasteiger partial charge >= 0.3 is 5.97 Å². The second kappa shape index (κ2) is 9.59. The third-order valence-electron chi connectivity index (χ3n) is 5.69. The van der Waals surface area contributed by atoms with Crippen molar-refractivity contribution in [2.24, 2.45) is 5.92 Å². The molecule has 2 aromatic carbocycles. The average Bonchev–Trinajstić information content (AvgIpc) is 2.73. The lowest BCUT2D eigenvalue weighted by molar-refractivity contribution is 0.0692. The minimum atomic E-state index is -1.16. The summed E-state index contributed by atoms with van der Waals surface area (Å²) in [7, 11) is 0. The zero-order chi connectivity index (χ0) is 20.8. The van der Waals surface area contributed by atoms with Crippen molar-refractivity contribution in [3.05, 3.63) is 59.2 Å². The van der Waals surface area contributed by atoms with Crippen LogP contribution in [0.15, 0.2) is 42.5 Å². The molecule has 0 radical (unpaired) electrons. The zero-order valence-electron chi connectivity index (χ0n) is 16.9. The van der Waals surface area contributed by atoms with E-state index in [9.17, 15) is 19.8 Å². The molecule has 0 amide bonds. The van der Waals surface area contributed by atoms with Crippen LogP contribution in [0, 0.1) is 5.92 Å². The van der Waals surface area contributed by atoms with Gasteiger partial charge in [0.15, 0.2) is 5.78 Å². The van der Waals surface area contributed by atoms with Crippen molar-refractivity contribution in [2.45, 2.75) is 45.4 Å². The van der Waals surface area contributed by atoms with Gasteiger partial charge < -0.3 is 15.1 Å². The van der Waals surface area contributed by atoms with Gasteiger partial charge in [0.25, 0.3) is 0 Å². The van der Waals surface area contributed by atoms with Crippen molar-refractivity contribution >= 4 is 17.4 Å². The third-order valence-corrected chi connectivity index (χ3v) is 5.69. The number of carboxylic acids is 1. The second-order valence-electron chi connectivity index (χ2n) is 7.83. The molecule has 1 saturated carbocycles. The number of benzene rings is 2. The van der Waals surface area contributed by atoms with E-state index in [1.807, 2.05) is 6.07 Å². The van der Waals surface area contributed by atoms with Crippen LogP contribution in [0.3, 0.4) is 0 Å². The molecule has 1 aliphatic rings. The molecule has 2 aromatic rings. The highest BCUT2D eigenvalue weighted by molar-refractivity contribution is 6.15. The highest BCUT2D eigenvalue weighted by Crippen LogP contribution is 2.30. The van der Waals surface area contributed by atoms with E-state index in [-0.39, 0.29) is 22.4 Å². The lowest BCUT2D eigenvalue weighted by Gasteiger charge is -2.31. The van der Waals surface area contributed by atoms with Crippen molar-refractivity contribution < 1.29 is 19.8 Å². The molecule has 0 bridgehead atoms. The highest BCUT2D eigenvalue weighted by atomic mass is 16.4. The van der Waals surface area contributed by atoms with Crippen LogP contribution in [0.4, 0.5) is 5.69 Å². The van der Waals surface area contributed by atoms with Crippen molar-refractivity contribution in [3.63, 3.8) is 0 Å². The fraction of sp³-hybridized carbons (Fsp3) is 0.417. The van der Waals surface area contributed by atoms with Crippen molar-refractivity contribution in [3.8, 4) is 5.75 Å². The van der Waals surface area contributed by atoms with Gasteiger partial charge in [0, 0.05) is 30.4 Å². The van der Waals surface area contributed by atoms with Crippen LogP contribution in [0.5, 0.6) is 5.75 Å².